The standard InChI is InChI=1S/C12H18O5/c1-4-5-6-16-12(15)9(2)7-11(14)17-8-10(3)13/h7H,4-6,8H2,1-3H3/b9-7-. The van der Waals surface area contributed by atoms with E-state index in [0.29, 0.717) is 6.61 Å². The SMILES string of the molecule is CCCCOC(=O)/C(C)=C\C(=O)OCC(C)=O. The van der Waals surface area contributed by atoms with Crippen molar-refractivity contribution in [3.63, 3.8) is 0 Å². The molecule has 5 heteroatoms. The van der Waals surface area contributed by atoms with Crippen molar-refractivity contribution >= 4 is 17.7 Å². The topological polar surface area (TPSA) is 69.7 Å². The van der Waals surface area contributed by atoms with Crippen LogP contribution in [0.15, 0.2) is 11.6 Å². The van der Waals surface area contributed by atoms with Crippen LogP contribution in [0.1, 0.15) is 33.6 Å². The molecule has 0 aliphatic carbocycles. The Labute approximate surface area is 101 Å². The molecule has 0 heterocycles. The van der Waals surface area contributed by atoms with Crippen molar-refractivity contribution < 1.29 is 23.9 Å². The van der Waals surface area contributed by atoms with Gasteiger partial charge in [0.15, 0.2) is 5.78 Å². The van der Waals surface area contributed by atoms with E-state index in [9.17, 15) is 14.4 Å². The van der Waals surface area contributed by atoms with Crippen LogP contribution >= 0.6 is 0 Å². The van der Waals surface area contributed by atoms with Crippen LogP contribution in [0.25, 0.3) is 0 Å². The summed E-state index contributed by atoms with van der Waals surface area (Å²) in [5, 5.41) is 0. The second-order valence-electron chi connectivity index (χ2n) is 3.63. The summed E-state index contributed by atoms with van der Waals surface area (Å²) in [5.74, 6) is -1.52. The van der Waals surface area contributed by atoms with Gasteiger partial charge in [0.1, 0.15) is 6.61 Å². The molecule has 0 saturated carbocycles. The lowest BCUT2D eigenvalue weighted by atomic mass is 10.3. The highest BCUT2D eigenvalue weighted by molar-refractivity contribution is 5.96. The Morgan fingerprint density at radius 2 is 1.76 bits per heavy atom. The van der Waals surface area contributed by atoms with E-state index in [1.807, 2.05) is 6.92 Å². The van der Waals surface area contributed by atoms with E-state index in [2.05, 4.69) is 4.74 Å². The Bertz CT molecular complexity index is 317. The maximum absolute atomic E-state index is 11.3. The molecule has 0 spiro atoms. The molecule has 0 unspecified atom stereocenters. The summed E-state index contributed by atoms with van der Waals surface area (Å²) in [7, 11) is 0. The van der Waals surface area contributed by atoms with Crippen molar-refractivity contribution in [1.29, 1.82) is 0 Å². The molecule has 5 nitrogen and oxygen atoms in total. The highest BCUT2D eigenvalue weighted by Crippen LogP contribution is 1.99. The average molecular weight is 242 g/mol. The van der Waals surface area contributed by atoms with Crippen LogP contribution in [0.4, 0.5) is 0 Å². The monoisotopic (exact) mass is 242 g/mol. The van der Waals surface area contributed by atoms with Gasteiger partial charge in [-0.1, -0.05) is 13.3 Å². The van der Waals surface area contributed by atoms with E-state index >= 15 is 0 Å². The van der Waals surface area contributed by atoms with Crippen molar-refractivity contribution in [3.8, 4) is 0 Å². The molecule has 0 atom stereocenters. The summed E-state index contributed by atoms with van der Waals surface area (Å²) in [6.07, 6.45) is 2.74. The first-order chi connectivity index (χ1) is 7.97. The Hall–Kier alpha value is -1.65. The van der Waals surface area contributed by atoms with Gasteiger partial charge in [-0.3, -0.25) is 4.79 Å². The lowest BCUT2D eigenvalue weighted by molar-refractivity contribution is -0.143. The molecular formula is C12H18O5. The fraction of sp³-hybridized carbons (Fsp3) is 0.583. The van der Waals surface area contributed by atoms with E-state index in [0.717, 1.165) is 18.9 Å². The van der Waals surface area contributed by atoms with Crippen molar-refractivity contribution in [1.82, 2.24) is 0 Å². The summed E-state index contributed by atoms with van der Waals surface area (Å²) < 4.78 is 9.47. The third-order valence-corrected chi connectivity index (χ3v) is 1.81. The molecule has 0 aliphatic rings. The van der Waals surface area contributed by atoms with Gasteiger partial charge in [-0.2, -0.15) is 0 Å². The Morgan fingerprint density at radius 3 is 2.29 bits per heavy atom. The van der Waals surface area contributed by atoms with E-state index in [1.54, 1.807) is 0 Å². The van der Waals surface area contributed by atoms with E-state index in [1.165, 1.54) is 13.8 Å². The molecule has 0 aromatic rings. The Morgan fingerprint density at radius 1 is 1.12 bits per heavy atom. The van der Waals surface area contributed by atoms with Crippen LogP contribution in [-0.4, -0.2) is 30.9 Å². The average Bonchev–Trinajstić information content (AvgIpc) is 2.26. The van der Waals surface area contributed by atoms with Gasteiger partial charge in [-0.15, -0.1) is 0 Å². The number of ketones is 1. The van der Waals surface area contributed by atoms with Crippen LogP contribution in [0, 0.1) is 0 Å². The third-order valence-electron chi connectivity index (χ3n) is 1.81. The first-order valence-electron chi connectivity index (χ1n) is 5.49. The molecule has 0 aliphatic heterocycles. The zero-order valence-corrected chi connectivity index (χ0v) is 10.4. The molecule has 0 fully saturated rings. The largest absolute Gasteiger partial charge is 0.462 e. The number of unbranched alkanes of at least 4 members (excludes halogenated alkanes) is 1. The maximum Gasteiger partial charge on any atom is 0.333 e. The second kappa shape index (κ2) is 8.50. The molecular weight excluding hydrogens is 224 g/mol. The summed E-state index contributed by atoms with van der Waals surface area (Å²) >= 11 is 0. The van der Waals surface area contributed by atoms with Crippen LogP contribution in [0.2, 0.25) is 0 Å². The quantitative estimate of drug-likeness (QED) is 0.383. The van der Waals surface area contributed by atoms with Gasteiger partial charge in [0.25, 0.3) is 0 Å². The molecule has 0 N–H and O–H groups in total. The van der Waals surface area contributed by atoms with Gasteiger partial charge in [0.2, 0.25) is 0 Å². The number of ether oxygens (including phenoxy) is 2. The summed E-state index contributed by atoms with van der Waals surface area (Å²) in [6.45, 7) is 4.80. The van der Waals surface area contributed by atoms with Gasteiger partial charge in [-0.25, -0.2) is 9.59 Å². The van der Waals surface area contributed by atoms with Gasteiger partial charge in [-0.05, 0) is 20.3 Å². The molecule has 0 radical (unpaired) electrons. The normalized spacial score (nSPS) is 10.9. The highest BCUT2D eigenvalue weighted by Gasteiger charge is 2.09. The Kier molecular flexibility index (Phi) is 7.67. The lowest BCUT2D eigenvalue weighted by Crippen LogP contribution is -2.12. The predicted molar refractivity (Wildman–Crippen MR) is 61.3 cm³/mol. The van der Waals surface area contributed by atoms with Crippen LogP contribution in [-0.2, 0) is 23.9 Å². The minimum atomic E-state index is -0.717. The number of hydrogen-bond donors (Lipinski definition) is 0. The Balaban J connectivity index is 4.09. The zero-order valence-electron chi connectivity index (χ0n) is 10.4. The van der Waals surface area contributed by atoms with Crippen molar-refractivity contribution in [2.75, 3.05) is 13.2 Å². The first-order valence-corrected chi connectivity index (χ1v) is 5.49. The highest BCUT2D eigenvalue weighted by atomic mass is 16.5. The van der Waals surface area contributed by atoms with Gasteiger partial charge >= 0.3 is 11.9 Å². The predicted octanol–water partition coefficient (Wildman–Crippen LogP) is 1.41. The molecule has 0 aromatic heterocycles. The van der Waals surface area contributed by atoms with Gasteiger partial charge in [0, 0.05) is 11.6 Å². The molecule has 0 aromatic carbocycles. The second-order valence-corrected chi connectivity index (χ2v) is 3.63. The first kappa shape index (κ1) is 15.3. The summed E-state index contributed by atoms with van der Waals surface area (Å²) in [5.41, 5.74) is 0.162. The number of carbonyl (C=O) groups excluding carboxylic acids is 3. The van der Waals surface area contributed by atoms with E-state index in [4.69, 9.17) is 4.74 Å². The summed E-state index contributed by atoms with van der Waals surface area (Å²) in [4.78, 5) is 33.0. The molecule has 0 rings (SSSR count). The third kappa shape index (κ3) is 8.19. The number of rotatable bonds is 7. The summed E-state index contributed by atoms with van der Waals surface area (Å²) in [6, 6.07) is 0. The lowest BCUT2D eigenvalue weighted by Gasteiger charge is -2.03. The molecule has 0 bridgehead atoms. The van der Waals surface area contributed by atoms with Crippen molar-refractivity contribution in [2.45, 2.75) is 33.6 Å². The molecule has 0 saturated heterocycles. The minimum Gasteiger partial charge on any atom is -0.462 e. The maximum atomic E-state index is 11.3. The van der Waals surface area contributed by atoms with E-state index in [-0.39, 0.29) is 18.0 Å². The van der Waals surface area contributed by atoms with E-state index < -0.39 is 11.9 Å². The number of esters is 2. The smallest absolute Gasteiger partial charge is 0.333 e. The number of hydrogen-bond acceptors (Lipinski definition) is 5. The number of Topliss-reactive ketones (excluding diaryl/α,β-unsaturated/α-hetero) is 1. The molecule has 0 amide bonds. The van der Waals surface area contributed by atoms with Gasteiger partial charge in [0.05, 0.1) is 6.61 Å². The molecule has 17 heavy (non-hydrogen) atoms. The minimum absolute atomic E-state index is 0.162. The van der Waals surface area contributed by atoms with Crippen LogP contribution in [0.3, 0.4) is 0 Å². The fourth-order valence-electron chi connectivity index (χ4n) is 0.873. The van der Waals surface area contributed by atoms with Gasteiger partial charge < -0.3 is 9.47 Å². The fourth-order valence-corrected chi connectivity index (χ4v) is 0.873. The van der Waals surface area contributed by atoms with Crippen molar-refractivity contribution in [2.24, 2.45) is 0 Å². The zero-order chi connectivity index (χ0) is 13.3. The van der Waals surface area contributed by atoms with Crippen LogP contribution in [0.5, 0.6) is 0 Å². The van der Waals surface area contributed by atoms with Crippen LogP contribution < -0.4 is 0 Å². The van der Waals surface area contributed by atoms with Crippen molar-refractivity contribution in [3.05, 3.63) is 11.6 Å². The molecule has 96 valence electrons. The number of carbonyl (C=O) groups is 3.